The number of anilines is 1. The molecule has 0 amide bonds. The number of nitrogens with one attached hydrogen (secondary N) is 3. The van der Waals surface area contributed by atoms with E-state index < -0.39 is 0 Å². The molecule has 5 N–H and O–H groups in total. The van der Waals surface area contributed by atoms with Gasteiger partial charge in [-0.2, -0.15) is 15.0 Å². The quantitative estimate of drug-likeness (QED) is 0.0928. The Labute approximate surface area is 389 Å². The number of hydrogen-bond donors (Lipinski definition) is 4. The van der Waals surface area contributed by atoms with Crippen LogP contribution in [0.4, 0.5) is 5.82 Å². The highest BCUT2D eigenvalue weighted by Gasteiger charge is 2.16. The monoisotopic (exact) mass is 960 g/mol. The van der Waals surface area contributed by atoms with Crippen molar-refractivity contribution >= 4 is 131 Å². The zero-order valence-electron chi connectivity index (χ0n) is 31.1. The van der Waals surface area contributed by atoms with Crippen molar-refractivity contribution in [2.24, 2.45) is 5.73 Å². The Balaban J connectivity index is 0.000000155. The van der Waals surface area contributed by atoms with Crippen molar-refractivity contribution < 1.29 is 0 Å². The fourth-order valence-corrected chi connectivity index (χ4v) is 7.85. The normalized spacial score (nSPS) is 10.9. The van der Waals surface area contributed by atoms with Crippen LogP contribution in [0.15, 0.2) is 110 Å². The van der Waals surface area contributed by atoms with E-state index >= 15 is 0 Å². The summed E-state index contributed by atoms with van der Waals surface area (Å²) in [6.07, 6.45) is 3.04. The zero-order valence-corrected chi connectivity index (χ0v) is 36.4. The molecule has 10 aromatic rings. The van der Waals surface area contributed by atoms with Gasteiger partial charge in [-0.25, -0.2) is 24.9 Å². The van der Waals surface area contributed by atoms with E-state index in [9.17, 15) is 0 Å². The number of fused-ring (bicyclic) bond motifs is 4. The second-order valence-electron chi connectivity index (χ2n) is 13.0. The van der Waals surface area contributed by atoms with Crippen molar-refractivity contribution in [1.29, 1.82) is 0 Å². The molecule has 0 fully saturated rings. The number of pyridine rings is 2. The molecule has 0 aliphatic heterocycles. The standard InChI is InChI=1S/C21H13Cl3N6.C16H12Cl2N2.C5H2Cl2N4.CH4/c22-14-6-2-1-5-13(14)16-12(8-11-4-3-7-15(23)17(11)28-16)9-25-19-18-20(27-10-26-18)30-21(24)29-19;17-13-6-2-1-5-12(13)15-11(9-19)8-10-4-3-7-14(18)16(10)20-15;6-3-2-4(9-1-8-2)11-5(7)10-3;/h1-8,10H,9H2,(H2,25,26,27,29,30);1-8H,9,19H2;1H,(H,8,9,10,11);1H4. The van der Waals surface area contributed by atoms with Crippen molar-refractivity contribution in [3.63, 3.8) is 0 Å². The molecular formula is C43H31Cl7N12. The van der Waals surface area contributed by atoms with Crippen LogP contribution in [0.5, 0.6) is 0 Å². The molecule has 62 heavy (non-hydrogen) atoms. The molecule has 19 heteroatoms. The van der Waals surface area contributed by atoms with E-state index in [0.717, 1.165) is 55.4 Å². The minimum absolute atomic E-state index is 0. The van der Waals surface area contributed by atoms with Crippen LogP contribution in [0, 0.1) is 0 Å². The second-order valence-corrected chi connectivity index (χ2v) is 15.6. The molecule has 0 bridgehead atoms. The molecule has 312 valence electrons. The summed E-state index contributed by atoms with van der Waals surface area (Å²) in [7, 11) is 0. The van der Waals surface area contributed by atoms with Crippen LogP contribution in [0.3, 0.4) is 0 Å². The Morgan fingerprint density at radius 2 is 1.00 bits per heavy atom. The Kier molecular flexibility index (Phi) is 14.2. The van der Waals surface area contributed by atoms with Crippen molar-refractivity contribution in [3.8, 4) is 22.5 Å². The van der Waals surface area contributed by atoms with Crippen LogP contribution in [-0.4, -0.2) is 49.8 Å². The number of halogens is 7. The predicted octanol–water partition coefficient (Wildman–Crippen LogP) is 13.1. The number of aromatic amines is 2. The lowest BCUT2D eigenvalue weighted by Crippen LogP contribution is -2.06. The molecular weight excluding hydrogens is 933 g/mol. The Bertz CT molecular complexity index is 3210. The largest absolute Gasteiger partial charge is 0.364 e. The Hall–Kier alpha value is -5.41. The SMILES string of the molecule is C.Clc1nc(Cl)c2[nH]cnc2n1.Clc1nc(NCc2cc3cccc(Cl)c3nc2-c2ccccc2Cl)c2[nH]cnc2n1.NCc1cc2cccc(Cl)c2nc1-c1ccccc1Cl. The van der Waals surface area contributed by atoms with Crippen LogP contribution in [0.2, 0.25) is 35.8 Å². The van der Waals surface area contributed by atoms with E-state index in [1.165, 1.54) is 6.33 Å². The fourth-order valence-electron chi connectivity index (χ4n) is 6.36. The molecule has 0 unspecified atom stereocenters. The first kappa shape index (κ1) is 44.6. The van der Waals surface area contributed by atoms with Crippen LogP contribution in [0.25, 0.3) is 66.6 Å². The summed E-state index contributed by atoms with van der Waals surface area (Å²) in [5.74, 6) is 0.554. The number of benzene rings is 4. The smallest absolute Gasteiger partial charge is 0.226 e. The third-order valence-electron chi connectivity index (χ3n) is 9.15. The number of imidazole rings is 2. The summed E-state index contributed by atoms with van der Waals surface area (Å²) in [4.78, 5) is 39.3. The van der Waals surface area contributed by atoms with Crippen LogP contribution >= 0.6 is 81.2 Å². The van der Waals surface area contributed by atoms with Gasteiger partial charge in [0.25, 0.3) is 0 Å². The minimum atomic E-state index is 0. The van der Waals surface area contributed by atoms with E-state index in [1.807, 2.05) is 97.1 Å². The number of nitrogens with two attached hydrogens (primary N) is 1. The average molecular weight is 964 g/mol. The average Bonchev–Trinajstić information content (AvgIpc) is 3.94. The van der Waals surface area contributed by atoms with E-state index in [0.29, 0.717) is 61.3 Å². The summed E-state index contributed by atoms with van der Waals surface area (Å²) >= 11 is 42.6. The van der Waals surface area contributed by atoms with E-state index in [1.54, 1.807) is 6.33 Å². The number of hydrogen-bond acceptors (Lipinski definition) is 10. The molecule has 6 aromatic heterocycles. The van der Waals surface area contributed by atoms with Crippen LogP contribution < -0.4 is 11.1 Å². The summed E-state index contributed by atoms with van der Waals surface area (Å²) < 4.78 is 0. The molecule has 0 radical (unpaired) electrons. The Morgan fingerprint density at radius 3 is 1.56 bits per heavy atom. The summed E-state index contributed by atoms with van der Waals surface area (Å²) in [6, 6.07) is 30.7. The van der Waals surface area contributed by atoms with Gasteiger partial charge in [0.05, 0.1) is 45.1 Å². The molecule has 0 atom stereocenters. The predicted molar refractivity (Wildman–Crippen MR) is 255 cm³/mol. The number of para-hydroxylation sites is 2. The fraction of sp³-hybridized carbons (Fsp3) is 0.0698. The molecule has 10 rings (SSSR count). The number of nitrogens with zero attached hydrogens (tertiary/aromatic N) is 8. The highest BCUT2D eigenvalue weighted by molar-refractivity contribution is 6.36. The minimum Gasteiger partial charge on any atom is -0.364 e. The maximum Gasteiger partial charge on any atom is 0.226 e. The van der Waals surface area contributed by atoms with Crippen LogP contribution in [-0.2, 0) is 13.1 Å². The van der Waals surface area contributed by atoms with Crippen molar-refractivity contribution in [3.05, 3.63) is 157 Å². The molecule has 12 nitrogen and oxygen atoms in total. The van der Waals surface area contributed by atoms with E-state index in [2.05, 4.69) is 50.2 Å². The first-order valence-corrected chi connectivity index (χ1v) is 20.7. The Morgan fingerprint density at radius 1 is 0.516 bits per heavy atom. The highest BCUT2D eigenvalue weighted by Crippen LogP contribution is 2.35. The van der Waals surface area contributed by atoms with Crippen LogP contribution in [0.1, 0.15) is 18.6 Å². The molecule has 6 heterocycles. The van der Waals surface area contributed by atoms with Gasteiger partial charge in [-0.05, 0) is 70.7 Å². The highest BCUT2D eigenvalue weighted by atomic mass is 35.5. The first-order valence-electron chi connectivity index (χ1n) is 18.1. The lowest BCUT2D eigenvalue weighted by Gasteiger charge is -2.14. The molecule has 0 aliphatic rings. The third-order valence-corrected chi connectivity index (χ3v) is 11.0. The van der Waals surface area contributed by atoms with Crippen molar-refractivity contribution in [2.75, 3.05) is 5.32 Å². The topological polar surface area (TPSA) is 173 Å². The first-order chi connectivity index (χ1) is 29.6. The second kappa shape index (κ2) is 19.7. The van der Waals surface area contributed by atoms with Gasteiger partial charge in [-0.1, -0.05) is 126 Å². The van der Waals surface area contributed by atoms with Gasteiger partial charge in [0.1, 0.15) is 11.0 Å². The maximum atomic E-state index is 6.48. The van der Waals surface area contributed by atoms with Crippen molar-refractivity contribution in [2.45, 2.75) is 20.5 Å². The van der Waals surface area contributed by atoms with Gasteiger partial charge in [0.15, 0.2) is 22.3 Å². The van der Waals surface area contributed by atoms with E-state index in [4.69, 9.17) is 91.9 Å². The van der Waals surface area contributed by atoms with E-state index in [-0.39, 0.29) is 23.1 Å². The molecule has 0 saturated carbocycles. The number of aromatic nitrogens is 10. The van der Waals surface area contributed by atoms with Gasteiger partial charge in [0.2, 0.25) is 10.6 Å². The maximum absolute atomic E-state index is 6.48. The molecule has 0 aliphatic carbocycles. The molecule has 0 saturated heterocycles. The van der Waals surface area contributed by atoms with Gasteiger partial charge in [-0.15, -0.1) is 0 Å². The van der Waals surface area contributed by atoms with Gasteiger partial charge >= 0.3 is 0 Å². The van der Waals surface area contributed by atoms with Crippen molar-refractivity contribution in [1.82, 2.24) is 49.8 Å². The zero-order chi connectivity index (χ0) is 42.6. The van der Waals surface area contributed by atoms with Gasteiger partial charge in [-0.3, -0.25) is 0 Å². The third kappa shape index (κ3) is 9.63. The summed E-state index contributed by atoms with van der Waals surface area (Å²) in [6.45, 7) is 0.827. The summed E-state index contributed by atoms with van der Waals surface area (Å²) in [5.41, 5.74) is 14.7. The number of rotatable bonds is 6. The molecule has 4 aromatic carbocycles. The van der Waals surface area contributed by atoms with Gasteiger partial charge in [0, 0.05) is 45.0 Å². The molecule has 0 spiro atoms. The lowest BCUT2D eigenvalue weighted by molar-refractivity contribution is 1.06. The van der Waals surface area contributed by atoms with Gasteiger partial charge < -0.3 is 21.0 Å². The summed E-state index contributed by atoms with van der Waals surface area (Å²) in [5, 5.41) is 8.22. The lowest BCUT2D eigenvalue weighted by atomic mass is 10.0. The number of H-pyrrole nitrogens is 2.